The van der Waals surface area contributed by atoms with Crippen LogP contribution in [-0.2, 0) is 6.42 Å². The molecule has 2 aromatic carbocycles. The Kier molecular flexibility index (Phi) is 3.94. The van der Waals surface area contributed by atoms with Crippen LogP contribution in [0, 0.1) is 0 Å². The summed E-state index contributed by atoms with van der Waals surface area (Å²) in [5, 5.41) is 9.52. The number of phenolic OH excluding ortho intramolecular Hbond substituents is 1. The minimum absolute atomic E-state index is 0.157. The molecular formula is C18H21NO3. The van der Waals surface area contributed by atoms with Gasteiger partial charge in [0.1, 0.15) is 5.75 Å². The first-order chi connectivity index (χ1) is 10.6. The van der Waals surface area contributed by atoms with Crippen molar-refractivity contribution in [3.63, 3.8) is 0 Å². The standard InChI is InChI=1S/C18H21NO3/c1-19-9-8-13-10-16(21-2)17(22-3)11-15(13)18(19)12-4-6-14(20)7-5-12/h4-7,10-11,18,20H,8-9H2,1-3H3. The molecule has 1 atom stereocenters. The van der Waals surface area contributed by atoms with Gasteiger partial charge in [-0.05, 0) is 54.4 Å². The molecule has 3 rings (SSSR count). The van der Waals surface area contributed by atoms with Crippen molar-refractivity contribution in [1.82, 2.24) is 4.90 Å². The summed E-state index contributed by atoms with van der Waals surface area (Å²) in [4.78, 5) is 2.32. The average Bonchev–Trinajstić information content (AvgIpc) is 2.54. The van der Waals surface area contributed by atoms with E-state index in [4.69, 9.17) is 9.47 Å². The maximum absolute atomic E-state index is 9.52. The highest BCUT2D eigenvalue weighted by atomic mass is 16.5. The first kappa shape index (κ1) is 14.7. The van der Waals surface area contributed by atoms with Gasteiger partial charge in [0.05, 0.1) is 20.3 Å². The second-order valence-corrected chi connectivity index (χ2v) is 5.63. The van der Waals surface area contributed by atoms with Gasteiger partial charge in [0.2, 0.25) is 0 Å². The Morgan fingerprint density at radius 1 is 1.05 bits per heavy atom. The van der Waals surface area contributed by atoms with Crippen LogP contribution >= 0.6 is 0 Å². The predicted octanol–water partition coefficient (Wildman–Crippen LogP) is 2.99. The summed E-state index contributed by atoms with van der Waals surface area (Å²) < 4.78 is 10.9. The van der Waals surface area contributed by atoms with Gasteiger partial charge in [-0.3, -0.25) is 4.90 Å². The summed E-state index contributed by atoms with van der Waals surface area (Å²) >= 11 is 0. The monoisotopic (exact) mass is 299 g/mol. The Morgan fingerprint density at radius 2 is 1.68 bits per heavy atom. The van der Waals surface area contributed by atoms with E-state index < -0.39 is 0 Å². The lowest BCUT2D eigenvalue weighted by atomic mass is 9.88. The zero-order chi connectivity index (χ0) is 15.7. The Balaban J connectivity index is 2.11. The molecule has 1 heterocycles. The SMILES string of the molecule is COc1cc2c(cc1OC)C(c1ccc(O)cc1)N(C)CC2. The van der Waals surface area contributed by atoms with Gasteiger partial charge in [0.15, 0.2) is 11.5 Å². The molecule has 1 unspecified atom stereocenters. The van der Waals surface area contributed by atoms with E-state index in [1.807, 2.05) is 12.1 Å². The molecule has 2 aromatic rings. The number of likely N-dealkylation sites (N-methyl/N-ethyl adjacent to an activating group) is 1. The number of ether oxygens (including phenoxy) is 2. The van der Waals surface area contributed by atoms with Gasteiger partial charge in [-0.15, -0.1) is 0 Å². The number of benzene rings is 2. The molecule has 0 amide bonds. The molecule has 116 valence electrons. The summed E-state index contributed by atoms with van der Waals surface area (Å²) in [5.41, 5.74) is 3.68. The molecule has 0 spiro atoms. The van der Waals surface area contributed by atoms with Crippen molar-refractivity contribution in [2.75, 3.05) is 27.8 Å². The largest absolute Gasteiger partial charge is 0.508 e. The second-order valence-electron chi connectivity index (χ2n) is 5.63. The highest BCUT2D eigenvalue weighted by Gasteiger charge is 2.28. The van der Waals surface area contributed by atoms with E-state index in [0.717, 1.165) is 30.0 Å². The topological polar surface area (TPSA) is 41.9 Å². The molecular weight excluding hydrogens is 278 g/mol. The van der Waals surface area contributed by atoms with Crippen LogP contribution < -0.4 is 9.47 Å². The van der Waals surface area contributed by atoms with Crippen molar-refractivity contribution in [3.8, 4) is 17.2 Å². The average molecular weight is 299 g/mol. The minimum Gasteiger partial charge on any atom is -0.508 e. The first-order valence-electron chi connectivity index (χ1n) is 7.38. The normalized spacial score (nSPS) is 17.9. The number of phenols is 1. The van der Waals surface area contributed by atoms with Crippen molar-refractivity contribution < 1.29 is 14.6 Å². The van der Waals surface area contributed by atoms with Crippen molar-refractivity contribution in [2.24, 2.45) is 0 Å². The molecule has 22 heavy (non-hydrogen) atoms. The molecule has 0 saturated heterocycles. The van der Waals surface area contributed by atoms with Crippen LogP contribution in [0.15, 0.2) is 36.4 Å². The van der Waals surface area contributed by atoms with Crippen LogP contribution in [0.25, 0.3) is 0 Å². The van der Waals surface area contributed by atoms with Crippen LogP contribution in [-0.4, -0.2) is 37.8 Å². The molecule has 0 radical (unpaired) electrons. The molecule has 1 aliphatic rings. The Morgan fingerprint density at radius 3 is 2.32 bits per heavy atom. The highest BCUT2D eigenvalue weighted by Crippen LogP contribution is 2.40. The minimum atomic E-state index is 0.157. The summed E-state index contributed by atoms with van der Waals surface area (Å²) in [6.45, 7) is 0.980. The van der Waals surface area contributed by atoms with E-state index in [1.165, 1.54) is 11.1 Å². The number of fused-ring (bicyclic) bond motifs is 1. The Hall–Kier alpha value is -2.20. The van der Waals surface area contributed by atoms with Gasteiger partial charge in [0.25, 0.3) is 0 Å². The molecule has 0 saturated carbocycles. The Labute approximate surface area is 130 Å². The van der Waals surface area contributed by atoms with Gasteiger partial charge in [0, 0.05) is 6.54 Å². The Bertz CT molecular complexity index is 667. The van der Waals surface area contributed by atoms with Gasteiger partial charge in [-0.25, -0.2) is 0 Å². The number of hydrogen-bond acceptors (Lipinski definition) is 4. The van der Waals surface area contributed by atoms with Gasteiger partial charge >= 0.3 is 0 Å². The molecule has 0 bridgehead atoms. The van der Waals surface area contributed by atoms with Crippen molar-refractivity contribution >= 4 is 0 Å². The third-order valence-electron chi connectivity index (χ3n) is 4.32. The number of rotatable bonds is 3. The predicted molar refractivity (Wildman–Crippen MR) is 85.8 cm³/mol. The lowest BCUT2D eigenvalue weighted by molar-refractivity contribution is 0.262. The third-order valence-corrected chi connectivity index (χ3v) is 4.32. The van der Waals surface area contributed by atoms with Crippen LogP contribution in [0.4, 0.5) is 0 Å². The number of methoxy groups -OCH3 is 2. The van der Waals surface area contributed by atoms with Crippen LogP contribution in [0.5, 0.6) is 17.2 Å². The van der Waals surface area contributed by atoms with Crippen molar-refractivity contribution in [2.45, 2.75) is 12.5 Å². The van der Waals surface area contributed by atoms with E-state index in [-0.39, 0.29) is 11.8 Å². The zero-order valence-electron chi connectivity index (χ0n) is 13.2. The van der Waals surface area contributed by atoms with E-state index >= 15 is 0 Å². The second kappa shape index (κ2) is 5.89. The molecule has 4 heteroatoms. The zero-order valence-corrected chi connectivity index (χ0v) is 13.2. The molecule has 0 aromatic heterocycles. The molecule has 4 nitrogen and oxygen atoms in total. The van der Waals surface area contributed by atoms with Gasteiger partial charge in [-0.2, -0.15) is 0 Å². The molecule has 1 N–H and O–H groups in total. The van der Waals surface area contributed by atoms with Gasteiger partial charge in [-0.1, -0.05) is 12.1 Å². The quantitative estimate of drug-likeness (QED) is 0.946. The highest BCUT2D eigenvalue weighted by molar-refractivity contribution is 5.51. The van der Waals surface area contributed by atoms with Crippen molar-refractivity contribution in [3.05, 3.63) is 53.1 Å². The summed E-state index contributed by atoms with van der Waals surface area (Å²) in [6, 6.07) is 11.7. The number of hydrogen-bond donors (Lipinski definition) is 1. The lowest BCUT2D eigenvalue weighted by Gasteiger charge is -2.35. The smallest absolute Gasteiger partial charge is 0.161 e. The van der Waals surface area contributed by atoms with Crippen LogP contribution in [0.1, 0.15) is 22.7 Å². The van der Waals surface area contributed by atoms with E-state index in [0.29, 0.717) is 0 Å². The molecule has 0 aliphatic carbocycles. The molecule has 0 fully saturated rings. The molecule has 1 aliphatic heterocycles. The van der Waals surface area contributed by atoms with E-state index in [1.54, 1.807) is 26.4 Å². The number of nitrogens with zero attached hydrogens (tertiary/aromatic N) is 1. The summed E-state index contributed by atoms with van der Waals surface area (Å²) in [6.07, 6.45) is 0.987. The van der Waals surface area contributed by atoms with Crippen molar-refractivity contribution in [1.29, 1.82) is 0 Å². The lowest BCUT2D eigenvalue weighted by Crippen LogP contribution is -2.32. The fraction of sp³-hybridized carbons (Fsp3) is 0.333. The fourth-order valence-corrected chi connectivity index (χ4v) is 3.16. The summed E-state index contributed by atoms with van der Waals surface area (Å²) in [5.74, 6) is 1.81. The maximum Gasteiger partial charge on any atom is 0.161 e. The fourth-order valence-electron chi connectivity index (χ4n) is 3.16. The first-order valence-corrected chi connectivity index (χ1v) is 7.38. The van der Waals surface area contributed by atoms with Crippen LogP contribution in [0.2, 0.25) is 0 Å². The van der Waals surface area contributed by atoms with E-state index in [9.17, 15) is 5.11 Å². The number of aromatic hydroxyl groups is 1. The summed E-state index contributed by atoms with van der Waals surface area (Å²) in [7, 11) is 5.44. The van der Waals surface area contributed by atoms with E-state index in [2.05, 4.69) is 24.1 Å². The third kappa shape index (κ3) is 2.50. The maximum atomic E-state index is 9.52. The van der Waals surface area contributed by atoms with Gasteiger partial charge < -0.3 is 14.6 Å². The van der Waals surface area contributed by atoms with Crippen LogP contribution in [0.3, 0.4) is 0 Å².